The van der Waals surface area contributed by atoms with Gasteiger partial charge in [-0.15, -0.1) is 11.3 Å². The summed E-state index contributed by atoms with van der Waals surface area (Å²) in [7, 11) is 1.26. The minimum Gasteiger partial charge on any atom is -0.468 e. The molecule has 0 unspecified atom stereocenters. The van der Waals surface area contributed by atoms with Crippen molar-refractivity contribution in [2.45, 2.75) is 31.3 Å². The van der Waals surface area contributed by atoms with Gasteiger partial charge in [0.25, 0.3) is 5.91 Å². The Morgan fingerprint density at radius 2 is 1.84 bits per heavy atom. The lowest BCUT2D eigenvalue weighted by molar-refractivity contribution is -0.146. The van der Waals surface area contributed by atoms with E-state index in [0.29, 0.717) is 25.8 Å². The molecule has 2 aromatic rings. The Hall–Kier alpha value is -2.71. The van der Waals surface area contributed by atoms with Crippen molar-refractivity contribution in [3.63, 3.8) is 0 Å². The minimum absolute atomic E-state index is 0.272. The monoisotopic (exact) mass is 441 g/mol. The number of carbonyl (C=O) groups is 3. The number of likely N-dealkylation sites (tertiary alicyclic amines) is 1. The summed E-state index contributed by atoms with van der Waals surface area (Å²) in [5.41, 5.74) is 0.227. The zero-order chi connectivity index (χ0) is 21.8. The quantitative estimate of drug-likeness (QED) is 0.488. The topological polar surface area (TPSA) is 70.2 Å². The zero-order valence-corrected chi connectivity index (χ0v) is 18.5. The third-order valence-corrected chi connectivity index (χ3v) is 7.11. The smallest absolute Gasteiger partial charge is 0.328 e. The molecule has 1 spiro atoms. The third kappa shape index (κ3) is 4.36. The summed E-state index contributed by atoms with van der Waals surface area (Å²) in [4.78, 5) is 44.9. The fraction of sp³-hybridized carbons (Fsp3) is 0.435. The molecule has 4 rings (SSSR count). The van der Waals surface area contributed by atoms with Gasteiger partial charge < -0.3 is 9.64 Å². The Morgan fingerprint density at radius 3 is 2.48 bits per heavy atom. The average molecular weight is 442 g/mol. The highest BCUT2D eigenvalue weighted by atomic mass is 32.1. The molecule has 1 aromatic heterocycles. The van der Waals surface area contributed by atoms with Crippen molar-refractivity contribution in [1.82, 2.24) is 14.7 Å². The van der Waals surface area contributed by atoms with Crippen molar-refractivity contribution in [2.75, 3.05) is 33.3 Å². The summed E-state index contributed by atoms with van der Waals surface area (Å²) < 4.78 is 4.71. The van der Waals surface area contributed by atoms with Gasteiger partial charge in [0.1, 0.15) is 12.1 Å². The van der Waals surface area contributed by atoms with E-state index in [0.717, 1.165) is 30.1 Å². The second kappa shape index (κ2) is 9.20. The van der Waals surface area contributed by atoms with Gasteiger partial charge in [0.15, 0.2) is 0 Å². The highest BCUT2D eigenvalue weighted by Crippen LogP contribution is 2.38. The van der Waals surface area contributed by atoms with Crippen LogP contribution in [0, 0.1) is 0 Å². The molecule has 0 saturated carbocycles. The van der Waals surface area contributed by atoms with Gasteiger partial charge in [-0.2, -0.15) is 0 Å². The number of amides is 3. The number of piperidine rings is 1. The Kier molecular flexibility index (Phi) is 6.38. The standard InChI is InChI=1S/C23H27N3O4S/c1-30-20(27)17-25-21(28)23(10-13-24(14-11-23)16-19-8-5-15-31-19)26(22(25)29)12-9-18-6-3-2-4-7-18/h2-8,15H,9-14,16-17H2,1H3. The highest BCUT2D eigenvalue weighted by Gasteiger charge is 2.58. The molecule has 2 aliphatic heterocycles. The van der Waals surface area contributed by atoms with Gasteiger partial charge in [0.05, 0.1) is 7.11 Å². The Bertz CT molecular complexity index is 924. The molecule has 7 nitrogen and oxygen atoms in total. The molecule has 1 aromatic carbocycles. The molecule has 0 bridgehead atoms. The summed E-state index contributed by atoms with van der Waals surface area (Å²) in [5, 5.41) is 2.07. The van der Waals surface area contributed by atoms with E-state index in [9.17, 15) is 14.4 Å². The molecule has 2 fully saturated rings. The summed E-state index contributed by atoms with van der Waals surface area (Å²) in [5.74, 6) is -0.858. The van der Waals surface area contributed by atoms with E-state index in [1.165, 1.54) is 12.0 Å². The van der Waals surface area contributed by atoms with Gasteiger partial charge in [-0.05, 0) is 36.3 Å². The van der Waals surface area contributed by atoms with Crippen molar-refractivity contribution < 1.29 is 19.1 Å². The van der Waals surface area contributed by atoms with Crippen LogP contribution >= 0.6 is 11.3 Å². The molecule has 164 valence electrons. The van der Waals surface area contributed by atoms with Crippen LogP contribution < -0.4 is 0 Å². The van der Waals surface area contributed by atoms with Crippen LogP contribution in [0.15, 0.2) is 47.8 Å². The van der Waals surface area contributed by atoms with E-state index in [-0.39, 0.29) is 12.5 Å². The first-order chi connectivity index (χ1) is 15.0. The second-order valence-electron chi connectivity index (χ2n) is 8.02. The highest BCUT2D eigenvalue weighted by molar-refractivity contribution is 7.09. The number of urea groups is 1. The fourth-order valence-corrected chi connectivity index (χ4v) is 5.24. The van der Waals surface area contributed by atoms with Gasteiger partial charge >= 0.3 is 12.0 Å². The molecule has 2 saturated heterocycles. The number of carbonyl (C=O) groups excluding carboxylic acids is 3. The summed E-state index contributed by atoms with van der Waals surface area (Å²) >= 11 is 1.72. The van der Waals surface area contributed by atoms with Crippen molar-refractivity contribution in [3.05, 3.63) is 58.3 Å². The lowest BCUT2D eigenvalue weighted by atomic mass is 9.85. The van der Waals surface area contributed by atoms with Gasteiger partial charge in [-0.3, -0.25) is 19.4 Å². The molecule has 8 heteroatoms. The maximum Gasteiger partial charge on any atom is 0.328 e. The Labute approximate surface area is 186 Å². The normalized spacial score (nSPS) is 18.7. The molecule has 0 radical (unpaired) electrons. The molecule has 0 aliphatic carbocycles. The van der Waals surface area contributed by atoms with E-state index < -0.39 is 17.5 Å². The zero-order valence-electron chi connectivity index (χ0n) is 17.7. The number of nitrogens with zero attached hydrogens (tertiary/aromatic N) is 3. The van der Waals surface area contributed by atoms with Crippen LogP contribution in [0.25, 0.3) is 0 Å². The fourth-order valence-electron chi connectivity index (χ4n) is 4.50. The van der Waals surface area contributed by atoms with Gasteiger partial charge in [-0.25, -0.2) is 4.79 Å². The predicted molar refractivity (Wildman–Crippen MR) is 118 cm³/mol. The number of rotatable bonds is 7. The number of ether oxygens (including phenoxy) is 1. The lowest BCUT2D eigenvalue weighted by Crippen LogP contribution is -2.56. The number of hydrogen-bond donors (Lipinski definition) is 0. The molecule has 3 amide bonds. The largest absolute Gasteiger partial charge is 0.468 e. The van der Waals surface area contributed by atoms with Crippen LogP contribution in [0.2, 0.25) is 0 Å². The summed E-state index contributed by atoms with van der Waals surface area (Å²) in [6.45, 7) is 2.41. The molecule has 31 heavy (non-hydrogen) atoms. The first-order valence-corrected chi connectivity index (χ1v) is 11.4. The van der Waals surface area contributed by atoms with E-state index in [1.54, 1.807) is 16.2 Å². The van der Waals surface area contributed by atoms with E-state index in [2.05, 4.69) is 16.3 Å². The van der Waals surface area contributed by atoms with Crippen LogP contribution in [-0.2, 0) is 27.3 Å². The van der Waals surface area contributed by atoms with Crippen LogP contribution in [-0.4, -0.2) is 71.4 Å². The molecule has 3 heterocycles. The number of methoxy groups -OCH3 is 1. The summed E-state index contributed by atoms with van der Waals surface area (Å²) in [6, 6.07) is 13.7. The number of imide groups is 1. The maximum atomic E-state index is 13.4. The molecule has 2 aliphatic rings. The number of thiophene rings is 1. The number of benzene rings is 1. The van der Waals surface area contributed by atoms with Gasteiger partial charge in [-0.1, -0.05) is 36.4 Å². The Balaban J connectivity index is 1.52. The molecular formula is C23H27N3O4S. The Morgan fingerprint density at radius 1 is 1.10 bits per heavy atom. The van der Waals surface area contributed by atoms with E-state index >= 15 is 0 Å². The third-order valence-electron chi connectivity index (χ3n) is 6.25. The maximum absolute atomic E-state index is 13.4. The van der Waals surface area contributed by atoms with Crippen molar-refractivity contribution in [2.24, 2.45) is 0 Å². The van der Waals surface area contributed by atoms with Crippen molar-refractivity contribution >= 4 is 29.2 Å². The van der Waals surface area contributed by atoms with Crippen LogP contribution in [0.5, 0.6) is 0 Å². The lowest BCUT2D eigenvalue weighted by Gasteiger charge is -2.42. The predicted octanol–water partition coefficient (Wildman–Crippen LogP) is 2.76. The van der Waals surface area contributed by atoms with Gasteiger partial charge in [0, 0.05) is 31.1 Å². The first-order valence-electron chi connectivity index (χ1n) is 10.5. The minimum atomic E-state index is -0.883. The molecule has 0 N–H and O–H groups in total. The second-order valence-corrected chi connectivity index (χ2v) is 9.06. The SMILES string of the molecule is COC(=O)CN1C(=O)N(CCc2ccccc2)C2(CCN(Cc3cccs3)CC2)C1=O. The van der Waals surface area contributed by atoms with E-state index in [4.69, 9.17) is 4.74 Å². The summed E-state index contributed by atoms with van der Waals surface area (Å²) in [6.07, 6.45) is 1.79. The average Bonchev–Trinajstić information content (AvgIpc) is 3.37. The van der Waals surface area contributed by atoms with E-state index in [1.807, 2.05) is 36.4 Å². The molecule has 0 atom stereocenters. The van der Waals surface area contributed by atoms with Crippen LogP contribution in [0.4, 0.5) is 4.79 Å². The first kappa shape index (κ1) is 21.5. The van der Waals surface area contributed by atoms with Crippen LogP contribution in [0.3, 0.4) is 0 Å². The van der Waals surface area contributed by atoms with Gasteiger partial charge in [0.2, 0.25) is 0 Å². The van der Waals surface area contributed by atoms with Crippen molar-refractivity contribution in [3.8, 4) is 0 Å². The van der Waals surface area contributed by atoms with Crippen LogP contribution in [0.1, 0.15) is 23.3 Å². The number of esters is 1. The van der Waals surface area contributed by atoms with Crippen molar-refractivity contribution in [1.29, 1.82) is 0 Å². The molecular weight excluding hydrogens is 414 g/mol. The number of hydrogen-bond acceptors (Lipinski definition) is 6.